The molecule has 0 spiro atoms. The molecule has 20 heavy (non-hydrogen) atoms. The van der Waals surface area contributed by atoms with Crippen LogP contribution in [0.25, 0.3) is 0 Å². The molecule has 1 aliphatic rings. The van der Waals surface area contributed by atoms with E-state index < -0.39 is 17.5 Å². The lowest BCUT2D eigenvalue weighted by molar-refractivity contribution is 0.0920. The summed E-state index contributed by atoms with van der Waals surface area (Å²) in [5, 5.41) is 5.30. The van der Waals surface area contributed by atoms with Crippen LogP contribution in [0.4, 0.5) is 14.5 Å². The van der Waals surface area contributed by atoms with Gasteiger partial charge in [-0.2, -0.15) is 0 Å². The van der Waals surface area contributed by atoms with E-state index >= 15 is 0 Å². The van der Waals surface area contributed by atoms with E-state index in [4.69, 9.17) is 0 Å². The summed E-state index contributed by atoms with van der Waals surface area (Å²) >= 11 is 0. The Balaban J connectivity index is 2.09. The molecule has 0 aliphatic heterocycles. The predicted octanol–water partition coefficient (Wildman–Crippen LogP) is 3.32. The number of nitrogens with one attached hydrogen (secondary N) is 2. The Labute approximate surface area is 117 Å². The standard InChI is InChI=1S/C15H20F2N2O/c1-9-4-3-5-11(6-9)19-15(20)10-7-12(16)14(18-2)13(17)8-10/h7-9,11,18H,3-6H2,1-2H3,(H,19,20). The molecular formula is C15H20F2N2O. The van der Waals surface area contributed by atoms with Crippen LogP contribution >= 0.6 is 0 Å². The summed E-state index contributed by atoms with van der Waals surface area (Å²) in [5.74, 6) is -1.34. The third-order valence-electron chi connectivity index (χ3n) is 3.83. The molecule has 1 aliphatic carbocycles. The fourth-order valence-corrected chi connectivity index (χ4v) is 2.78. The van der Waals surface area contributed by atoms with Crippen molar-refractivity contribution in [2.45, 2.75) is 38.6 Å². The van der Waals surface area contributed by atoms with Gasteiger partial charge in [-0.15, -0.1) is 0 Å². The predicted molar refractivity (Wildman–Crippen MR) is 74.8 cm³/mol. The molecule has 0 aromatic heterocycles. The Bertz CT molecular complexity index is 482. The van der Waals surface area contributed by atoms with Gasteiger partial charge in [-0.25, -0.2) is 8.78 Å². The van der Waals surface area contributed by atoms with Crippen LogP contribution in [0, 0.1) is 17.6 Å². The highest BCUT2D eigenvalue weighted by atomic mass is 19.1. The van der Waals surface area contributed by atoms with Gasteiger partial charge in [0.2, 0.25) is 0 Å². The second kappa shape index (κ2) is 6.20. The van der Waals surface area contributed by atoms with E-state index in [0.29, 0.717) is 5.92 Å². The summed E-state index contributed by atoms with van der Waals surface area (Å²) in [4.78, 5) is 12.1. The summed E-state index contributed by atoms with van der Waals surface area (Å²) < 4.78 is 27.3. The van der Waals surface area contributed by atoms with Crippen LogP contribution in [0.1, 0.15) is 43.0 Å². The lowest BCUT2D eigenvalue weighted by Crippen LogP contribution is -2.38. The van der Waals surface area contributed by atoms with E-state index in [2.05, 4.69) is 17.6 Å². The van der Waals surface area contributed by atoms with Gasteiger partial charge >= 0.3 is 0 Å². The van der Waals surface area contributed by atoms with Crippen LogP contribution in [-0.4, -0.2) is 19.0 Å². The molecular weight excluding hydrogens is 262 g/mol. The third-order valence-corrected chi connectivity index (χ3v) is 3.83. The molecule has 0 heterocycles. The number of halogens is 2. The average molecular weight is 282 g/mol. The molecule has 1 aromatic rings. The van der Waals surface area contributed by atoms with Crippen molar-refractivity contribution in [3.8, 4) is 0 Å². The topological polar surface area (TPSA) is 41.1 Å². The van der Waals surface area contributed by atoms with Gasteiger partial charge in [-0.1, -0.05) is 19.8 Å². The fourth-order valence-electron chi connectivity index (χ4n) is 2.78. The van der Waals surface area contributed by atoms with Crippen LogP contribution in [0.3, 0.4) is 0 Å². The fraction of sp³-hybridized carbons (Fsp3) is 0.533. The minimum Gasteiger partial charge on any atom is -0.383 e. The van der Waals surface area contributed by atoms with Crippen molar-refractivity contribution >= 4 is 11.6 Å². The van der Waals surface area contributed by atoms with Gasteiger partial charge < -0.3 is 10.6 Å². The molecule has 3 nitrogen and oxygen atoms in total. The van der Waals surface area contributed by atoms with Gasteiger partial charge in [0, 0.05) is 18.7 Å². The quantitative estimate of drug-likeness (QED) is 0.893. The zero-order valence-corrected chi connectivity index (χ0v) is 11.8. The van der Waals surface area contributed by atoms with E-state index in [1.165, 1.54) is 13.5 Å². The highest BCUT2D eigenvalue weighted by molar-refractivity contribution is 5.94. The molecule has 110 valence electrons. The Kier molecular flexibility index (Phi) is 4.57. The summed E-state index contributed by atoms with van der Waals surface area (Å²) in [6.07, 6.45) is 4.10. The van der Waals surface area contributed by atoms with Crippen LogP contribution in [0.5, 0.6) is 0 Å². The second-order valence-electron chi connectivity index (χ2n) is 5.51. The first-order valence-electron chi connectivity index (χ1n) is 6.99. The summed E-state index contributed by atoms with van der Waals surface area (Å²) in [5.41, 5.74) is -0.190. The first kappa shape index (κ1) is 14.8. The summed E-state index contributed by atoms with van der Waals surface area (Å²) in [6.45, 7) is 2.15. The maximum atomic E-state index is 13.6. The Hall–Kier alpha value is -1.65. The molecule has 0 radical (unpaired) electrons. The van der Waals surface area contributed by atoms with Gasteiger partial charge in [-0.3, -0.25) is 4.79 Å². The normalized spacial score (nSPS) is 22.4. The molecule has 1 amide bonds. The minimum absolute atomic E-state index is 0.0252. The van der Waals surface area contributed by atoms with E-state index in [0.717, 1.165) is 31.4 Å². The van der Waals surface area contributed by atoms with Crippen molar-refractivity contribution in [2.75, 3.05) is 12.4 Å². The number of carbonyl (C=O) groups excluding carboxylic acids is 1. The SMILES string of the molecule is CNc1c(F)cc(C(=O)NC2CCCC(C)C2)cc1F. The number of amides is 1. The Morgan fingerprint density at radius 2 is 1.90 bits per heavy atom. The van der Waals surface area contributed by atoms with E-state index in [-0.39, 0.29) is 17.3 Å². The molecule has 5 heteroatoms. The molecule has 0 saturated heterocycles. The zero-order chi connectivity index (χ0) is 14.7. The molecule has 2 unspecified atom stereocenters. The highest BCUT2D eigenvalue weighted by Gasteiger charge is 2.22. The Morgan fingerprint density at radius 1 is 1.25 bits per heavy atom. The van der Waals surface area contributed by atoms with Crippen molar-refractivity contribution in [1.29, 1.82) is 0 Å². The van der Waals surface area contributed by atoms with E-state index in [9.17, 15) is 13.6 Å². The number of benzene rings is 1. The van der Waals surface area contributed by atoms with Crippen molar-refractivity contribution < 1.29 is 13.6 Å². The van der Waals surface area contributed by atoms with Crippen molar-refractivity contribution in [3.63, 3.8) is 0 Å². The van der Waals surface area contributed by atoms with Crippen molar-refractivity contribution in [3.05, 3.63) is 29.3 Å². The summed E-state index contributed by atoms with van der Waals surface area (Å²) in [6, 6.07) is 2.23. The van der Waals surface area contributed by atoms with Gasteiger partial charge in [0.05, 0.1) is 0 Å². The van der Waals surface area contributed by atoms with E-state index in [1.807, 2.05) is 0 Å². The zero-order valence-electron chi connectivity index (χ0n) is 11.8. The monoisotopic (exact) mass is 282 g/mol. The smallest absolute Gasteiger partial charge is 0.251 e. The average Bonchev–Trinajstić information content (AvgIpc) is 2.38. The highest BCUT2D eigenvalue weighted by Crippen LogP contribution is 2.24. The van der Waals surface area contributed by atoms with Crippen molar-refractivity contribution in [1.82, 2.24) is 5.32 Å². The molecule has 1 aromatic carbocycles. The van der Waals surface area contributed by atoms with E-state index in [1.54, 1.807) is 0 Å². The molecule has 0 bridgehead atoms. The Morgan fingerprint density at radius 3 is 2.45 bits per heavy atom. The van der Waals surface area contributed by atoms with Gasteiger partial charge in [0.25, 0.3) is 5.91 Å². The lowest BCUT2D eigenvalue weighted by atomic mass is 9.87. The van der Waals surface area contributed by atoms with Gasteiger partial charge in [0.15, 0.2) is 0 Å². The maximum absolute atomic E-state index is 13.6. The van der Waals surface area contributed by atoms with Gasteiger partial charge in [-0.05, 0) is 30.9 Å². The molecule has 1 saturated carbocycles. The van der Waals surface area contributed by atoms with Crippen molar-refractivity contribution in [2.24, 2.45) is 5.92 Å². The largest absolute Gasteiger partial charge is 0.383 e. The first-order valence-corrected chi connectivity index (χ1v) is 6.99. The van der Waals surface area contributed by atoms with Crippen LogP contribution < -0.4 is 10.6 Å². The molecule has 2 N–H and O–H groups in total. The molecule has 1 fully saturated rings. The number of anilines is 1. The second-order valence-corrected chi connectivity index (χ2v) is 5.51. The molecule has 2 atom stereocenters. The number of rotatable bonds is 3. The maximum Gasteiger partial charge on any atom is 0.251 e. The van der Waals surface area contributed by atoms with Crippen LogP contribution in [0.2, 0.25) is 0 Å². The van der Waals surface area contributed by atoms with Crippen LogP contribution in [-0.2, 0) is 0 Å². The minimum atomic E-state index is -0.755. The lowest BCUT2D eigenvalue weighted by Gasteiger charge is -2.27. The van der Waals surface area contributed by atoms with Gasteiger partial charge in [0.1, 0.15) is 17.3 Å². The van der Waals surface area contributed by atoms with Crippen LogP contribution in [0.15, 0.2) is 12.1 Å². The number of carbonyl (C=O) groups is 1. The first-order chi connectivity index (χ1) is 9.51. The summed E-state index contributed by atoms with van der Waals surface area (Å²) in [7, 11) is 1.44. The number of hydrogen-bond donors (Lipinski definition) is 2. The third kappa shape index (κ3) is 3.26. The number of hydrogen-bond acceptors (Lipinski definition) is 2. The molecule has 2 rings (SSSR count).